The van der Waals surface area contributed by atoms with Crippen LogP contribution < -0.4 is 4.72 Å². The van der Waals surface area contributed by atoms with Gasteiger partial charge in [-0.15, -0.1) is 0 Å². The van der Waals surface area contributed by atoms with Crippen LogP contribution in [0.5, 0.6) is 0 Å². The molecule has 1 N–H and O–H groups in total. The first kappa shape index (κ1) is 20.6. The summed E-state index contributed by atoms with van der Waals surface area (Å²) >= 11 is 1.27. The molecule has 1 atom stereocenters. The highest BCUT2D eigenvalue weighted by molar-refractivity contribution is 7.98. The van der Waals surface area contributed by atoms with Crippen molar-refractivity contribution in [3.05, 3.63) is 90.4 Å². The van der Waals surface area contributed by atoms with Crippen LogP contribution in [0.2, 0.25) is 0 Å². The Balaban J connectivity index is 1.76. The molecule has 0 amide bonds. The van der Waals surface area contributed by atoms with Gasteiger partial charge in [-0.25, -0.2) is 8.93 Å². The number of aromatic nitrogens is 2. The molecule has 0 fully saturated rings. The number of alkyl halides is 3. The highest BCUT2D eigenvalue weighted by Gasteiger charge is 2.35. The quantitative estimate of drug-likeness (QED) is 0.429. The topological polar surface area (TPSA) is 46.9 Å². The number of pyridine rings is 1. The van der Waals surface area contributed by atoms with Gasteiger partial charge >= 0.3 is 6.18 Å². The van der Waals surface area contributed by atoms with Crippen LogP contribution in [0.3, 0.4) is 0 Å². The first-order chi connectivity index (χ1) is 14.4. The predicted octanol–water partition coefficient (Wildman–Crippen LogP) is 5.42. The monoisotopic (exact) mass is 447 g/mol. The van der Waals surface area contributed by atoms with E-state index in [0.29, 0.717) is 5.52 Å². The van der Waals surface area contributed by atoms with Crippen LogP contribution in [0, 0.1) is 0 Å². The van der Waals surface area contributed by atoms with E-state index < -0.39 is 22.7 Å². The second kappa shape index (κ2) is 8.63. The van der Waals surface area contributed by atoms with Gasteiger partial charge in [-0.05, 0) is 53.9 Å². The lowest BCUT2D eigenvalue weighted by Crippen LogP contribution is -2.17. The molecule has 0 aliphatic rings. The number of benzene rings is 2. The number of nitrogens with one attached hydrogen (secondary N) is 1. The Morgan fingerprint density at radius 1 is 1.00 bits per heavy atom. The van der Waals surface area contributed by atoms with Crippen molar-refractivity contribution in [1.29, 1.82) is 0 Å². The van der Waals surface area contributed by atoms with E-state index in [9.17, 15) is 17.4 Å². The molecule has 0 saturated carbocycles. The van der Waals surface area contributed by atoms with Crippen molar-refractivity contribution in [2.24, 2.45) is 0 Å². The molecule has 4 rings (SSSR count). The maximum atomic E-state index is 13.7. The van der Waals surface area contributed by atoms with Crippen LogP contribution in [0.4, 0.5) is 13.2 Å². The van der Waals surface area contributed by atoms with E-state index >= 15 is 0 Å². The van der Waals surface area contributed by atoms with Crippen LogP contribution in [0.15, 0.2) is 89.0 Å². The number of hydrogen-bond donors (Lipinski definition) is 1. The highest BCUT2D eigenvalue weighted by Crippen LogP contribution is 2.40. The third-order valence-corrected chi connectivity index (χ3v) is 6.47. The molecule has 9 heteroatoms. The Kier molecular flexibility index (Phi) is 5.94. The second-order valence-electron chi connectivity index (χ2n) is 6.37. The van der Waals surface area contributed by atoms with E-state index in [-0.39, 0.29) is 16.8 Å². The number of halogens is 3. The number of fused-ring (bicyclic) bond motifs is 1. The minimum Gasteiger partial charge on any atom is -0.286 e. The van der Waals surface area contributed by atoms with E-state index in [4.69, 9.17) is 0 Å². The highest BCUT2D eigenvalue weighted by atomic mass is 32.2. The summed E-state index contributed by atoms with van der Waals surface area (Å²) in [6.45, 7) is 0.238. The van der Waals surface area contributed by atoms with Gasteiger partial charge in [-0.1, -0.05) is 24.3 Å². The molecule has 0 aliphatic carbocycles. The van der Waals surface area contributed by atoms with Crippen LogP contribution in [-0.2, 0) is 23.7 Å². The number of rotatable bonds is 6. The van der Waals surface area contributed by atoms with E-state index in [0.717, 1.165) is 16.5 Å². The number of nitrogens with zero attached hydrogens (tertiary/aromatic N) is 2. The molecule has 2 aromatic heterocycles. The normalized spacial score (nSPS) is 12.9. The van der Waals surface area contributed by atoms with E-state index in [1.165, 1.54) is 24.2 Å². The molecule has 0 bridgehead atoms. The van der Waals surface area contributed by atoms with Gasteiger partial charge in [-0.3, -0.25) is 8.96 Å². The third kappa shape index (κ3) is 4.43. The van der Waals surface area contributed by atoms with E-state index in [1.54, 1.807) is 34.6 Å². The number of hydrogen-bond acceptors (Lipinski definition) is 3. The van der Waals surface area contributed by atoms with Crippen molar-refractivity contribution in [2.45, 2.75) is 22.5 Å². The average Bonchev–Trinajstić information content (AvgIpc) is 3.11. The van der Waals surface area contributed by atoms with Crippen LogP contribution in [0.25, 0.3) is 10.9 Å². The van der Waals surface area contributed by atoms with Gasteiger partial charge in [0.25, 0.3) is 0 Å². The summed E-state index contributed by atoms with van der Waals surface area (Å²) in [4.78, 5) is 4.87. The zero-order valence-electron chi connectivity index (χ0n) is 15.5. The average molecular weight is 448 g/mol. The molecule has 4 aromatic rings. The predicted molar refractivity (Wildman–Crippen MR) is 112 cm³/mol. The van der Waals surface area contributed by atoms with Gasteiger partial charge in [-0.2, -0.15) is 13.2 Å². The molecule has 4 nitrogen and oxygen atoms in total. The van der Waals surface area contributed by atoms with Gasteiger partial charge in [0.15, 0.2) is 0 Å². The standard InChI is InChI=1S/C21H16F3N3OS2/c22-21(23,24)17-7-4-8-18-20(17)19(14-27(18)29-16-5-2-1-3-6-16)30(28)26-13-15-9-11-25-12-10-15/h1-12,14,26H,13H2. The fourth-order valence-electron chi connectivity index (χ4n) is 3.00. The summed E-state index contributed by atoms with van der Waals surface area (Å²) in [6.07, 6.45) is 0.147. The molecule has 30 heavy (non-hydrogen) atoms. The molecule has 2 aromatic carbocycles. The molecule has 0 spiro atoms. The summed E-state index contributed by atoms with van der Waals surface area (Å²) < 4.78 is 58.5. The zero-order valence-corrected chi connectivity index (χ0v) is 17.1. The maximum Gasteiger partial charge on any atom is 0.417 e. The second-order valence-corrected chi connectivity index (χ2v) is 8.68. The zero-order chi connectivity index (χ0) is 21.1. The van der Waals surface area contributed by atoms with Crippen LogP contribution in [0.1, 0.15) is 11.1 Å². The SMILES string of the molecule is O=S(NCc1ccncc1)c1cn(Sc2ccccc2)c2cccc(C(F)(F)F)c12. The fourth-order valence-corrected chi connectivity index (χ4v) is 5.03. The minimum absolute atomic E-state index is 0.0611. The van der Waals surface area contributed by atoms with Gasteiger partial charge in [0.1, 0.15) is 11.0 Å². The molecular formula is C21H16F3N3OS2. The first-order valence-corrected chi connectivity index (χ1v) is 10.8. The van der Waals surface area contributed by atoms with Crippen molar-refractivity contribution in [2.75, 3.05) is 0 Å². The van der Waals surface area contributed by atoms with Gasteiger partial charge < -0.3 is 0 Å². The van der Waals surface area contributed by atoms with Crippen molar-refractivity contribution < 1.29 is 17.4 Å². The van der Waals surface area contributed by atoms with Gasteiger partial charge in [0.05, 0.1) is 16.0 Å². The van der Waals surface area contributed by atoms with E-state index in [1.807, 2.05) is 30.3 Å². The smallest absolute Gasteiger partial charge is 0.286 e. The lowest BCUT2D eigenvalue weighted by Gasteiger charge is -2.10. The van der Waals surface area contributed by atoms with Gasteiger partial charge in [0.2, 0.25) is 0 Å². The van der Waals surface area contributed by atoms with Crippen LogP contribution in [-0.4, -0.2) is 13.2 Å². The summed E-state index contributed by atoms with van der Waals surface area (Å²) in [5.41, 5.74) is 0.381. The molecular weight excluding hydrogens is 431 g/mol. The maximum absolute atomic E-state index is 13.7. The minimum atomic E-state index is -4.56. The Bertz CT molecular complexity index is 1180. The Morgan fingerprint density at radius 2 is 1.73 bits per heavy atom. The van der Waals surface area contributed by atoms with E-state index in [2.05, 4.69) is 9.71 Å². The summed E-state index contributed by atoms with van der Waals surface area (Å²) in [5.74, 6) is 0. The lowest BCUT2D eigenvalue weighted by molar-refractivity contribution is -0.136. The van der Waals surface area contributed by atoms with Crippen molar-refractivity contribution in [3.63, 3.8) is 0 Å². The summed E-state index contributed by atoms with van der Waals surface area (Å²) in [5, 5.41) is -0.0611. The summed E-state index contributed by atoms with van der Waals surface area (Å²) in [7, 11) is -1.85. The Morgan fingerprint density at radius 3 is 2.43 bits per heavy atom. The van der Waals surface area contributed by atoms with Crippen molar-refractivity contribution >= 4 is 33.8 Å². The molecule has 0 aliphatic heterocycles. The third-order valence-electron chi connectivity index (χ3n) is 4.37. The molecule has 1 unspecified atom stereocenters. The van der Waals surface area contributed by atoms with Gasteiger partial charge in [0, 0.05) is 35.4 Å². The molecule has 0 radical (unpaired) electrons. The van der Waals surface area contributed by atoms with Crippen molar-refractivity contribution in [1.82, 2.24) is 13.7 Å². The Labute approximate surface area is 177 Å². The van der Waals surface area contributed by atoms with Crippen molar-refractivity contribution in [3.8, 4) is 0 Å². The Hall–Kier alpha value is -2.62. The fraction of sp³-hybridized carbons (Fsp3) is 0.0952. The van der Waals surface area contributed by atoms with Crippen LogP contribution >= 0.6 is 11.9 Å². The molecule has 0 saturated heterocycles. The first-order valence-electron chi connectivity index (χ1n) is 8.92. The largest absolute Gasteiger partial charge is 0.417 e. The molecule has 154 valence electrons. The summed E-state index contributed by atoms with van der Waals surface area (Å²) in [6, 6.07) is 16.8. The lowest BCUT2D eigenvalue weighted by atomic mass is 10.1. The molecule has 2 heterocycles.